The molecule has 16 heavy (non-hydrogen) atoms. The lowest BCUT2D eigenvalue weighted by Crippen LogP contribution is -1.95. The number of carbonyl (C=O) groups is 1. The average molecular weight is 217 g/mol. The van der Waals surface area contributed by atoms with E-state index in [0.717, 1.165) is 22.2 Å². The van der Waals surface area contributed by atoms with E-state index in [1.54, 1.807) is 6.20 Å². The minimum Gasteiger partial charge on any atom is -0.494 e. The lowest BCUT2D eigenvalue weighted by molar-refractivity contribution is 0.0990. The van der Waals surface area contributed by atoms with Gasteiger partial charge in [0.1, 0.15) is 5.75 Å². The highest BCUT2D eigenvalue weighted by Crippen LogP contribution is 2.24. The molecule has 1 heterocycles. The summed E-state index contributed by atoms with van der Waals surface area (Å²) in [5.74, 6) is 0.958. The molecule has 0 radical (unpaired) electrons. The summed E-state index contributed by atoms with van der Waals surface area (Å²) in [6, 6.07) is 5.76. The van der Waals surface area contributed by atoms with E-state index in [1.807, 2.05) is 32.0 Å². The summed E-state index contributed by atoms with van der Waals surface area (Å²) in [5, 5.41) is 0.942. The average Bonchev–Trinajstić information content (AvgIpc) is 2.71. The Morgan fingerprint density at radius 2 is 2.19 bits per heavy atom. The first-order valence-electron chi connectivity index (χ1n) is 5.53. The van der Waals surface area contributed by atoms with Gasteiger partial charge in [0.2, 0.25) is 0 Å². The number of ether oxygens (including phenoxy) is 1. The first kappa shape index (κ1) is 10.7. The molecule has 1 aromatic carbocycles. The van der Waals surface area contributed by atoms with Gasteiger partial charge < -0.3 is 9.72 Å². The van der Waals surface area contributed by atoms with Crippen molar-refractivity contribution in [3.63, 3.8) is 0 Å². The molecule has 0 saturated carbocycles. The van der Waals surface area contributed by atoms with Crippen molar-refractivity contribution < 1.29 is 9.53 Å². The van der Waals surface area contributed by atoms with Gasteiger partial charge in [-0.25, -0.2) is 0 Å². The summed E-state index contributed by atoms with van der Waals surface area (Å²) >= 11 is 0. The van der Waals surface area contributed by atoms with Gasteiger partial charge in [0.15, 0.2) is 5.78 Å². The normalized spacial score (nSPS) is 10.6. The van der Waals surface area contributed by atoms with Crippen molar-refractivity contribution >= 4 is 16.7 Å². The Morgan fingerprint density at radius 1 is 1.38 bits per heavy atom. The molecule has 1 N–H and O–H groups in total. The number of rotatable bonds is 4. The summed E-state index contributed by atoms with van der Waals surface area (Å²) in [6.07, 6.45) is 2.29. The number of ketones is 1. The third-order valence-corrected chi connectivity index (χ3v) is 2.59. The maximum atomic E-state index is 11.7. The highest BCUT2D eigenvalue weighted by molar-refractivity contribution is 6.08. The van der Waals surface area contributed by atoms with Gasteiger partial charge in [-0.2, -0.15) is 0 Å². The van der Waals surface area contributed by atoms with Gasteiger partial charge in [-0.15, -0.1) is 0 Å². The Kier molecular flexibility index (Phi) is 2.95. The SMILES string of the molecule is CCOc1ccc2[nH]cc(C(=O)CC)c2c1. The van der Waals surface area contributed by atoms with E-state index in [9.17, 15) is 4.79 Å². The van der Waals surface area contributed by atoms with Crippen molar-refractivity contribution in [2.24, 2.45) is 0 Å². The van der Waals surface area contributed by atoms with Crippen LogP contribution in [0, 0.1) is 0 Å². The minimum atomic E-state index is 0.153. The van der Waals surface area contributed by atoms with Crippen molar-refractivity contribution in [3.05, 3.63) is 30.0 Å². The van der Waals surface area contributed by atoms with Crippen molar-refractivity contribution in [2.45, 2.75) is 20.3 Å². The number of nitrogens with one attached hydrogen (secondary N) is 1. The Labute approximate surface area is 94.4 Å². The zero-order valence-corrected chi connectivity index (χ0v) is 9.54. The fourth-order valence-corrected chi connectivity index (χ4v) is 1.78. The molecule has 0 amide bonds. The van der Waals surface area contributed by atoms with E-state index in [0.29, 0.717) is 13.0 Å². The first-order chi connectivity index (χ1) is 7.76. The largest absolute Gasteiger partial charge is 0.494 e. The molecule has 0 unspecified atom stereocenters. The summed E-state index contributed by atoms with van der Waals surface area (Å²) in [5.41, 5.74) is 1.72. The summed E-state index contributed by atoms with van der Waals surface area (Å²) in [4.78, 5) is 14.8. The summed E-state index contributed by atoms with van der Waals surface area (Å²) < 4.78 is 5.43. The lowest BCUT2D eigenvalue weighted by atomic mass is 10.1. The Balaban J connectivity index is 2.51. The van der Waals surface area contributed by atoms with Crippen LogP contribution in [0.4, 0.5) is 0 Å². The fraction of sp³-hybridized carbons (Fsp3) is 0.308. The topological polar surface area (TPSA) is 42.1 Å². The van der Waals surface area contributed by atoms with Gasteiger partial charge in [-0.05, 0) is 25.1 Å². The molecule has 84 valence electrons. The summed E-state index contributed by atoms with van der Waals surface area (Å²) in [6.45, 7) is 4.44. The number of carbonyl (C=O) groups excluding carboxylic acids is 1. The molecule has 0 fully saturated rings. The zero-order chi connectivity index (χ0) is 11.5. The van der Waals surface area contributed by atoms with Crippen LogP contribution in [-0.4, -0.2) is 17.4 Å². The highest BCUT2D eigenvalue weighted by Gasteiger charge is 2.10. The fourth-order valence-electron chi connectivity index (χ4n) is 1.78. The van der Waals surface area contributed by atoms with Crippen LogP contribution in [0.5, 0.6) is 5.75 Å². The predicted molar refractivity (Wildman–Crippen MR) is 64.1 cm³/mol. The summed E-state index contributed by atoms with van der Waals surface area (Å²) in [7, 11) is 0. The molecule has 0 atom stereocenters. The second kappa shape index (κ2) is 4.39. The van der Waals surface area contributed by atoms with E-state index in [-0.39, 0.29) is 5.78 Å². The minimum absolute atomic E-state index is 0.153. The molecule has 0 aliphatic rings. The number of benzene rings is 1. The number of hydrogen-bond donors (Lipinski definition) is 1. The van der Waals surface area contributed by atoms with Crippen LogP contribution in [0.15, 0.2) is 24.4 Å². The quantitative estimate of drug-likeness (QED) is 0.799. The molecule has 0 aliphatic heterocycles. The maximum Gasteiger partial charge on any atom is 0.164 e. The van der Waals surface area contributed by atoms with Crippen LogP contribution in [0.3, 0.4) is 0 Å². The zero-order valence-electron chi connectivity index (χ0n) is 9.54. The monoisotopic (exact) mass is 217 g/mol. The van der Waals surface area contributed by atoms with Crippen LogP contribution < -0.4 is 4.74 Å². The number of H-pyrrole nitrogens is 1. The van der Waals surface area contributed by atoms with Crippen LogP contribution in [-0.2, 0) is 0 Å². The van der Waals surface area contributed by atoms with E-state index in [2.05, 4.69) is 4.98 Å². The molecule has 1 aromatic heterocycles. The molecule has 0 bridgehead atoms. The molecular weight excluding hydrogens is 202 g/mol. The van der Waals surface area contributed by atoms with Gasteiger partial charge in [-0.3, -0.25) is 4.79 Å². The van der Waals surface area contributed by atoms with Crippen LogP contribution >= 0.6 is 0 Å². The van der Waals surface area contributed by atoms with E-state index < -0.39 is 0 Å². The second-order valence-corrected chi connectivity index (χ2v) is 3.62. The van der Waals surface area contributed by atoms with Crippen LogP contribution in [0.1, 0.15) is 30.6 Å². The first-order valence-corrected chi connectivity index (χ1v) is 5.53. The third-order valence-electron chi connectivity index (χ3n) is 2.59. The Bertz CT molecular complexity index is 514. The molecule has 2 aromatic rings. The number of aromatic nitrogens is 1. The van der Waals surface area contributed by atoms with Crippen molar-refractivity contribution in [2.75, 3.05) is 6.61 Å². The van der Waals surface area contributed by atoms with Crippen molar-refractivity contribution in [1.29, 1.82) is 0 Å². The van der Waals surface area contributed by atoms with Gasteiger partial charge in [0.05, 0.1) is 6.61 Å². The number of fused-ring (bicyclic) bond motifs is 1. The molecule has 0 saturated heterocycles. The van der Waals surface area contributed by atoms with Crippen molar-refractivity contribution in [1.82, 2.24) is 4.98 Å². The van der Waals surface area contributed by atoms with E-state index in [1.165, 1.54) is 0 Å². The van der Waals surface area contributed by atoms with E-state index in [4.69, 9.17) is 4.74 Å². The third kappa shape index (κ3) is 1.81. The van der Waals surface area contributed by atoms with E-state index >= 15 is 0 Å². The van der Waals surface area contributed by atoms with Crippen LogP contribution in [0.25, 0.3) is 10.9 Å². The van der Waals surface area contributed by atoms with Crippen molar-refractivity contribution in [3.8, 4) is 5.75 Å². The Hall–Kier alpha value is -1.77. The second-order valence-electron chi connectivity index (χ2n) is 3.62. The van der Waals surface area contributed by atoms with Gasteiger partial charge in [0, 0.05) is 29.1 Å². The molecular formula is C13H15NO2. The highest BCUT2D eigenvalue weighted by atomic mass is 16.5. The maximum absolute atomic E-state index is 11.7. The number of aromatic amines is 1. The Morgan fingerprint density at radius 3 is 2.88 bits per heavy atom. The number of Topliss-reactive ketones (excluding diaryl/α,β-unsaturated/α-hetero) is 1. The molecule has 3 nitrogen and oxygen atoms in total. The molecule has 3 heteroatoms. The standard InChI is InChI=1S/C13H15NO2/c1-3-13(15)11-8-14-12-6-5-9(16-4-2)7-10(11)12/h5-8,14H,3-4H2,1-2H3. The lowest BCUT2D eigenvalue weighted by Gasteiger charge is -2.03. The molecule has 0 spiro atoms. The smallest absolute Gasteiger partial charge is 0.164 e. The van der Waals surface area contributed by atoms with Gasteiger partial charge in [-0.1, -0.05) is 6.92 Å². The molecule has 2 rings (SSSR count). The van der Waals surface area contributed by atoms with Gasteiger partial charge >= 0.3 is 0 Å². The number of hydrogen-bond acceptors (Lipinski definition) is 2. The predicted octanol–water partition coefficient (Wildman–Crippen LogP) is 3.16. The molecule has 0 aliphatic carbocycles. The van der Waals surface area contributed by atoms with Crippen LogP contribution in [0.2, 0.25) is 0 Å². The van der Waals surface area contributed by atoms with Gasteiger partial charge in [0.25, 0.3) is 0 Å².